The third-order valence-electron chi connectivity index (χ3n) is 0.285. The zero-order chi connectivity index (χ0) is 17.1. The van der Waals surface area contributed by atoms with Crippen LogP contribution >= 0.6 is 0 Å². The Labute approximate surface area is 145 Å². The van der Waals surface area contributed by atoms with Crippen LogP contribution in [-0.4, -0.2) is 68.1 Å². The smallest absolute Gasteiger partial charge is 0.659 e. The summed E-state index contributed by atoms with van der Waals surface area (Å²) in [5.74, 6) is 0. The molecular formula is C4H4FeMgO16. The van der Waals surface area contributed by atoms with Crippen molar-refractivity contribution in [3.63, 3.8) is 0 Å². The molecular weight excluding hydrogens is 384 g/mol. The van der Waals surface area contributed by atoms with Gasteiger partial charge in [-0.05, 0) is 0 Å². The van der Waals surface area contributed by atoms with E-state index in [2.05, 4.69) is 19.6 Å². The molecule has 0 heterocycles. The maximum Gasteiger partial charge on any atom is 2.00 e. The van der Waals surface area contributed by atoms with Gasteiger partial charge in [-0.1, -0.05) is 0 Å². The minimum Gasteiger partial charge on any atom is -0.659 e. The van der Waals surface area contributed by atoms with E-state index in [1.807, 2.05) is 0 Å². The van der Waals surface area contributed by atoms with Crippen molar-refractivity contribution in [3.8, 4) is 0 Å². The van der Waals surface area contributed by atoms with Gasteiger partial charge in [0.05, 0.1) is 0 Å². The Morgan fingerprint density at radius 2 is 0.591 bits per heavy atom. The molecule has 0 aliphatic rings. The van der Waals surface area contributed by atoms with Crippen molar-refractivity contribution in [1.82, 2.24) is 0 Å². The van der Waals surface area contributed by atoms with E-state index in [1.165, 1.54) is 0 Å². The van der Waals surface area contributed by atoms with E-state index in [9.17, 15) is 0 Å². The van der Waals surface area contributed by atoms with Crippen molar-refractivity contribution in [3.05, 3.63) is 0 Å². The molecule has 0 amide bonds. The molecule has 0 aromatic carbocycles. The Hall–Kier alpha value is -1.79. The van der Waals surface area contributed by atoms with Crippen LogP contribution in [0.1, 0.15) is 0 Å². The van der Waals surface area contributed by atoms with Gasteiger partial charge in [-0.2, -0.15) is 0 Å². The van der Waals surface area contributed by atoms with Crippen LogP contribution in [-0.2, 0) is 36.6 Å². The molecule has 22 heavy (non-hydrogen) atoms. The molecule has 0 unspecified atom stereocenters. The Morgan fingerprint density at radius 3 is 0.591 bits per heavy atom. The summed E-state index contributed by atoms with van der Waals surface area (Å²) in [7, 11) is 0. The van der Waals surface area contributed by atoms with Gasteiger partial charge < -0.3 is 61.0 Å². The average molecular weight is 388 g/mol. The molecule has 0 saturated carbocycles. The topological polar surface area (TPSA) is 278 Å². The molecule has 0 aromatic heterocycles. The molecule has 0 aromatic rings. The predicted molar refractivity (Wildman–Crippen MR) is 42.2 cm³/mol. The molecule has 0 rings (SSSR count). The van der Waals surface area contributed by atoms with Crippen molar-refractivity contribution < 1.29 is 97.3 Å². The Balaban J connectivity index is -0.0000000376. The third-order valence-corrected chi connectivity index (χ3v) is 0.285. The fourth-order valence-corrected chi connectivity index (χ4v) is 0. The molecule has 16 nitrogen and oxygen atoms in total. The summed E-state index contributed by atoms with van der Waals surface area (Å²) in [6.45, 7) is 0. The molecule has 0 saturated heterocycles. The Kier molecular flexibility index (Phi) is 53.0. The number of carboxylic acid groups (broad SMARTS) is 4. The first kappa shape index (κ1) is 36.9. The number of hydrogen-bond acceptors (Lipinski definition) is 12. The fourth-order valence-electron chi connectivity index (χ4n) is 0. The third kappa shape index (κ3) is 140. The van der Waals surface area contributed by atoms with Gasteiger partial charge in [0.1, 0.15) is 0 Å². The maximum absolute atomic E-state index is 8.83. The van der Waals surface area contributed by atoms with Crippen molar-refractivity contribution >= 4 is 47.7 Å². The van der Waals surface area contributed by atoms with Crippen LogP contribution < -0.4 is 21.0 Å². The van der Waals surface area contributed by atoms with E-state index in [0.717, 1.165) is 0 Å². The van der Waals surface area contributed by atoms with E-state index in [0.29, 0.717) is 0 Å². The zero-order valence-electron chi connectivity index (χ0n) is 9.75. The van der Waals surface area contributed by atoms with E-state index in [4.69, 9.17) is 60.6 Å². The van der Waals surface area contributed by atoms with Gasteiger partial charge in [-0.3, -0.25) is 0 Å². The molecule has 18 heteroatoms. The minimum atomic E-state index is -1.80. The first-order chi connectivity index (χ1) is 9.08. The molecule has 0 spiro atoms. The summed E-state index contributed by atoms with van der Waals surface area (Å²) >= 11 is 0. The number of carbonyl (C=O) groups is 4. The maximum atomic E-state index is 8.83. The molecule has 0 bridgehead atoms. The van der Waals surface area contributed by atoms with Crippen molar-refractivity contribution in [2.75, 3.05) is 0 Å². The summed E-state index contributed by atoms with van der Waals surface area (Å²) in [6.07, 6.45) is -7.20. The van der Waals surface area contributed by atoms with Gasteiger partial charge in [0.15, 0.2) is 0 Å². The van der Waals surface area contributed by atoms with E-state index in [1.54, 1.807) is 0 Å². The first-order valence-electron chi connectivity index (χ1n) is 3.19. The molecule has 0 aliphatic carbocycles. The second kappa shape index (κ2) is 31.5. The Morgan fingerprint density at radius 1 is 0.545 bits per heavy atom. The molecule has 4 N–H and O–H groups in total. The summed E-state index contributed by atoms with van der Waals surface area (Å²) in [6, 6.07) is 0. The molecule has 0 aliphatic heterocycles. The van der Waals surface area contributed by atoms with Gasteiger partial charge >= 0.3 is 64.7 Å². The minimum absolute atomic E-state index is 0. The van der Waals surface area contributed by atoms with Crippen LogP contribution in [0.25, 0.3) is 0 Å². The van der Waals surface area contributed by atoms with E-state index >= 15 is 0 Å². The zero-order valence-corrected chi connectivity index (χ0v) is 12.3. The summed E-state index contributed by atoms with van der Waals surface area (Å²) in [5.41, 5.74) is 0. The summed E-state index contributed by atoms with van der Waals surface area (Å²) < 4.78 is 0. The van der Waals surface area contributed by atoms with Gasteiger partial charge in [-0.25, -0.2) is 19.2 Å². The molecule has 0 radical (unpaired) electrons. The average Bonchev–Trinajstić information content (AvgIpc) is 2.40. The second-order valence-corrected chi connectivity index (χ2v) is 1.40. The largest absolute Gasteiger partial charge is 2.00 e. The number of rotatable bonds is 0. The van der Waals surface area contributed by atoms with Crippen molar-refractivity contribution in [2.24, 2.45) is 0 Å². The normalized spacial score (nSPS) is 6.00. The van der Waals surface area contributed by atoms with Crippen LogP contribution in [0.4, 0.5) is 19.2 Å². The van der Waals surface area contributed by atoms with Crippen molar-refractivity contribution in [1.29, 1.82) is 0 Å². The van der Waals surface area contributed by atoms with Crippen LogP contribution in [0.2, 0.25) is 0 Å². The van der Waals surface area contributed by atoms with E-state index in [-0.39, 0.29) is 40.1 Å². The van der Waals surface area contributed by atoms with Gasteiger partial charge in [0, 0.05) is 0 Å². The molecule has 126 valence electrons. The molecule has 0 atom stereocenters. The van der Waals surface area contributed by atoms with Gasteiger partial charge in [0.25, 0.3) is 0 Å². The SMILES string of the molecule is O=C(O)O[O-].O=C(O)O[O-].O=C(O)O[O-].O=C(O)O[O-].[Fe+2].[Mg+2]. The first-order valence-corrected chi connectivity index (χ1v) is 3.19. The quantitative estimate of drug-likeness (QED) is 0.172. The van der Waals surface area contributed by atoms with Crippen LogP contribution in [0.3, 0.4) is 0 Å². The van der Waals surface area contributed by atoms with E-state index < -0.39 is 24.6 Å². The fraction of sp³-hybridized carbons (Fsp3) is 0. The van der Waals surface area contributed by atoms with Gasteiger partial charge in [0.2, 0.25) is 0 Å². The monoisotopic (exact) mass is 388 g/mol. The molecule has 0 fully saturated rings. The number of hydrogen-bond donors (Lipinski definition) is 4. The second-order valence-electron chi connectivity index (χ2n) is 1.40. The van der Waals surface area contributed by atoms with Crippen LogP contribution in [0.15, 0.2) is 0 Å². The van der Waals surface area contributed by atoms with Gasteiger partial charge in [-0.15, -0.1) is 0 Å². The Bertz CT molecular complexity index is 223. The summed E-state index contributed by atoms with van der Waals surface area (Å²) in [5, 5.41) is 62.9. The predicted octanol–water partition coefficient (Wildman–Crippen LogP) is -4.56. The van der Waals surface area contributed by atoms with Crippen LogP contribution in [0, 0.1) is 0 Å². The van der Waals surface area contributed by atoms with Crippen LogP contribution in [0.5, 0.6) is 0 Å². The standard InChI is InChI=1S/4CH2O4.Fe.Mg/c4*2-1(3)5-4;;/h4*4H,(H,2,3);;/q;;;;2*+2/p-4. The summed E-state index contributed by atoms with van der Waals surface area (Å²) in [4.78, 5) is 45.0. The van der Waals surface area contributed by atoms with Crippen molar-refractivity contribution in [2.45, 2.75) is 0 Å².